The number of non-ortho nitro benzene ring substituents is 1. The second-order valence-electron chi connectivity index (χ2n) is 5.39. The van der Waals surface area contributed by atoms with E-state index < -0.39 is 16.9 Å². The number of nitrogens with zero attached hydrogens (tertiary/aromatic N) is 1. The predicted molar refractivity (Wildman–Crippen MR) is 95.2 cm³/mol. The third-order valence-corrected chi connectivity index (χ3v) is 3.87. The Bertz CT molecular complexity index is 747. The van der Waals surface area contributed by atoms with Crippen molar-refractivity contribution >= 4 is 29.0 Å². The standard InChI is InChI=1S/C16H19N3O5S/c1-4-7-24-12-6-5-10(19(21)22)8-11(12)14-13(15(20)23-3)9(2)17-16(25)18-14/h5-6,8,14H,4,7H2,1-3H3,(H2,17,18,25)/t14-/m0/s1. The van der Waals surface area contributed by atoms with Gasteiger partial charge in [0.1, 0.15) is 5.75 Å². The first-order valence-corrected chi connectivity index (χ1v) is 8.07. The summed E-state index contributed by atoms with van der Waals surface area (Å²) < 4.78 is 10.6. The Morgan fingerprint density at radius 2 is 2.16 bits per heavy atom. The smallest absolute Gasteiger partial charge is 0.337 e. The van der Waals surface area contributed by atoms with Crippen LogP contribution < -0.4 is 15.4 Å². The van der Waals surface area contributed by atoms with Gasteiger partial charge in [-0.3, -0.25) is 10.1 Å². The van der Waals surface area contributed by atoms with Crippen molar-refractivity contribution in [2.75, 3.05) is 13.7 Å². The van der Waals surface area contributed by atoms with Gasteiger partial charge in [0.15, 0.2) is 5.11 Å². The molecule has 8 nitrogen and oxygen atoms in total. The number of hydrogen-bond donors (Lipinski definition) is 2. The molecule has 134 valence electrons. The number of methoxy groups -OCH3 is 1. The Kier molecular flexibility index (Phi) is 5.92. The highest BCUT2D eigenvalue weighted by Crippen LogP contribution is 2.36. The van der Waals surface area contributed by atoms with Crippen LogP contribution in [0.1, 0.15) is 31.9 Å². The van der Waals surface area contributed by atoms with Crippen molar-refractivity contribution < 1.29 is 19.2 Å². The highest BCUT2D eigenvalue weighted by molar-refractivity contribution is 7.80. The average Bonchev–Trinajstić information content (AvgIpc) is 2.58. The second-order valence-corrected chi connectivity index (χ2v) is 5.80. The largest absolute Gasteiger partial charge is 0.493 e. The maximum atomic E-state index is 12.2. The van der Waals surface area contributed by atoms with Gasteiger partial charge < -0.3 is 20.1 Å². The maximum absolute atomic E-state index is 12.2. The summed E-state index contributed by atoms with van der Waals surface area (Å²) >= 11 is 5.17. The third kappa shape index (κ3) is 4.05. The molecule has 0 radical (unpaired) electrons. The average molecular weight is 365 g/mol. The molecule has 1 atom stereocenters. The minimum absolute atomic E-state index is 0.105. The van der Waals surface area contributed by atoms with Crippen LogP contribution >= 0.6 is 12.2 Å². The van der Waals surface area contributed by atoms with Crippen LogP contribution in [0.4, 0.5) is 5.69 Å². The molecule has 0 saturated carbocycles. The number of esters is 1. The van der Waals surface area contributed by atoms with E-state index in [4.69, 9.17) is 21.7 Å². The number of nitro groups is 1. The van der Waals surface area contributed by atoms with Crippen molar-refractivity contribution in [2.24, 2.45) is 0 Å². The van der Waals surface area contributed by atoms with Crippen LogP contribution in [-0.4, -0.2) is 29.7 Å². The Hall–Kier alpha value is -2.68. The van der Waals surface area contributed by atoms with E-state index in [1.807, 2.05) is 6.92 Å². The number of hydrogen-bond acceptors (Lipinski definition) is 6. The summed E-state index contributed by atoms with van der Waals surface area (Å²) in [5.41, 5.74) is 1.16. The molecule has 2 rings (SSSR count). The van der Waals surface area contributed by atoms with Crippen LogP contribution in [0.25, 0.3) is 0 Å². The first kappa shape index (κ1) is 18.7. The Morgan fingerprint density at radius 3 is 2.76 bits per heavy atom. The van der Waals surface area contributed by atoms with Crippen molar-refractivity contribution in [3.8, 4) is 5.75 Å². The molecule has 0 aromatic heterocycles. The van der Waals surface area contributed by atoms with Crippen molar-refractivity contribution in [2.45, 2.75) is 26.3 Å². The monoisotopic (exact) mass is 365 g/mol. The first-order valence-electron chi connectivity index (χ1n) is 7.66. The molecule has 1 aromatic carbocycles. The minimum atomic E-state index is -0.715. The van der Waals surface area contributed by atoms with Gasteiger partial charge in [0, 0.05) is 23.4 Å². The zero-order chi connectivity index (χ0) is 18.6. The molecule has 0 fully saturated rings. The van der Waals surface area contributed by atoms with Crippen LogP contribution in [0.2, 0.25) is 0 Å². The van der Waals surface area contributed by atoms with Crippen LogP contribution in [0.15, 0.2) is 29.5 Å². The molecule has 0 amide bonds. The van der Waals surface area contributed by atoms with Gasteiger partial charge in [-0.2, -0.15) is 0 Å². The molecule has 1 aliphatic rings. The Morgan fingerprint density at radius 1 is 1.44 bits per heavy atom. The molecule has 0 saturated heterocycles. The van der Waals surface area contributed by atoms with E-state index in [-0.39, 0.29) is 11.3 Å². The van der Waals surface area contributed by atoms with Gasteiger partial charge in [0.2, 0.25) is 0 Å². The highest BCUT2D eigenvalue weighted by Gasteiger charge is 2.33. The number of nitrogens with one attached hydrogen (secondary N) is 2. The molecule has 1 aromatic rings. The molecule has 2 N–H and O–H groups in total. The highest BCUT2D eigenvalue weighted by atomic mass is 32.1. The van der Waals surface area contributed by atoms with Gasteiger partial charge in [-0.1, -0.05) is 6.92 Å². The topological polar surface area (TPSA) is 103 Å². The third-order valence-electron chi connectivity index (χ3n) is 3.65. The van der Waals surface area contributed by atoms with Crippen molar-refractivity contribution in [1.29, 1.82) is 0 Å². The molecule has 0 bridgehead atoms. The van der Waals surface area contributed by atoms with Gasteiger partial charge in [0.25, 0.3) is 5.69 Å². The van der Waals surface area contributed by atoms with Gasteiger partial charge in [0.05, 0.1) is 30.3 Å². The number of nitro benzene ring substituents is 1. The van der Waals surface area contributed by atoms with E-state index in [9.17, 15) is 14.9 Å². The summed E-state index contributed by atoms with van der Waals surface area (Å²) in [5, 5.41) is 17.3. The molecule has 0 spiro atoms. The number of carbonyl (C=O) groups is 1. The lowest BCUT2D eigenvalue weighted by molar-refractivity contribution is -0.385. The van der Waals surface area contributed by atoms with Crippen LogP contribution in [-0.2, 0) is 9.53 Å². The fourth-order valence-electron chi connectivity index (χ4n) is 2.53. The summed E-state index contributed by atoms with van der Waals surface area (Å²) in [7, 11) is 1.27. The molecule has 9 heteroatoms. The molecule has 0 aliphatic carbocycles. The van der Waals surface area contributed by atoms with E-state index in [0.717, 1.165) is 6.42 Å². The van der Waals surface area contributed by atoms with E-state index in [0.29, 0.717) is 28.7 Å². The molecule has 1 heterocycles. The van der Waals surface area contributed by atoms with Gasteiger partial charge in [-0.15, -0.1) is 0 Å². The first-order chi connectivity index (χ1) is 11.9. The lowest BCUT2D eigenvalue weighted by atomic mass is 9.94. The summed E-state index contributed by atoms with van der Waals surface area (Å²) in [5.74, 6) is -0.109. The number of thiocarbonyl (C=S) groups is 1. The quantitative estimate of drug-likeness (QED) is 0.343. The zero-order valence-corrected chi connectivity index (χ0v) is 14.9. The molecular weight excluding hydrogens is 346 g/mol. The van der Waals surface area contributed by atoms with E-state index in [1.165, 1.54) is 25.3 Å². The predicted octanol–water partition coefficient (Wildman–Crippen LogP) is 2.35. The number of carbonyl (C=O) groups excluding carboxylic acids is 1. The molecule has 1 aliphatic heterocycles. The van der Waals surface area contributed by atoms with Crippen molar-refractivity contribution in [3.05, 3.63) is 45.1 Å². The number of ether oxygens (including phenoxy) is 2. The summed E-state index contributed by atoms with van der Waals surface area (Å²) in [4.78, 5) is 22.9. The van der Waals surface area contributed by atoms with Crippen molar-refractivity contribution in [3.63, 3.8) is 0 Å². The Labute approximate surface area is 150 Å². The summed E-state index contributed by atoms with van der Waals surface area (Å²) in [6.07, 6.45) is 0.771. The number of rotatable bonds is 6. The lowest BCUT2D eigenvalue weighted by Gasteiger charge is -2.30. The van der Waals surface area contributed by atoms with Crippen LogP contribution in [0.5, 0.6) is 5.75 Å². The number of allylic oxidation sites excluding steroid dienone is 1. The second kappa shape index (κ2) is 7.93. The van der Waals surface area contributed by atoms with Gasteiger partial charge in [-0.05, 0) is 31.6 Å². The normalized spacial score (nSPS) is 16.8. The molecule has 25 heavy (non-hydrogen) atoms. The fraction of sp³-hybridized carbons (Fsp3) is 0.375. The molecule has 0 unspecified atom stereocenters. The van der Waals surface area contributed by atoms with Crippen LogP contribution in [0, 0.1) is 10.1 Å². The van der Waals surface area contributed by atoms with Crippen LogP contribution in [0.3, 0.4) is 0 Å². The summed E-state index contributed by atoms with van der Waals surface area (Å²) in [6.45, 7) is 4.08. The summed E-state index contributed by atoms with van der Waals surface area (Å²) in [6, 6.07) is 3.56. The van der Waals surface area contributed by atoms with Gasteiger partial charge in [-0.25, -0.2) is 4.79 Å². The van der Waals surface area contributed by atoms with Gasteiger partial charge >= 0.3 is 5.97 Å². The lowest BCUT2D eigenvalue weighted by Crippen LogP contribution is -2.45. The fourth-order valence-corrected chi connectivity index (χ4v) is 2.80. The molecular formula is C16H19N3O5S. The maximum Gasteiger partial charge on any atom is 0.337 e. The minimum Gasteiger partial charge on any atom is -0.493 e. The van der Waals surface area contributed by atoms with Crippen molar-refractivity contribution in [1.82, 2.24) is 10.6 Å². The van der Waals surface area contributed by atoms with E-state index in [2.05, 4.69) is 10.6 Å². The Balaban J connectivity index is 2.60. The van der Waals surface area contributed by atoms with E-state index in [1.54, 1.807) is 6.92 Å². The SMILES string of the molecule is CCCOc1ccc([N+](=O)[O-])cc1[C@@H]1NC(=S)NC(C)=C1C(=O)OC. The zero-order valence-electron chi connectivity index (χ0n) is 14.1. The number of benzene rings is 1. The van der Waals surface area contributed by atoms with E-state index >= 15 is 0 Å².